The van der Waals surface area contributed by atoms with Gasteiger partial charge in [0.2, 0.25) is 5.82 Å². The van der Waals surface area contributed by atoms with Crippen LogP contribution in [0.5, 0.6) is 5.75 Å². The van der Waals surface area contributed by atoms with E-state index in [1.807, 2.05) is 12.1 Å². The van der Waals surface area contributed by atoms with Crippen molar-refractivity contribution in [2.24, 2.45) is 5.92 Å². The number of halogens is 5. The van der Waals surface area contributed by atoms with Gasteiger partial charge in [-0.1, -0.05) is 12.1 Å². The van der Waals surface area contributed by atoms with E-state index in [2.05, 4.69) is 15.0 Å². The lowest BCUT2D eigenvalue weighted by atomic mass is 10.1. The van der Waals surface area contributed by atoms with Crippen LogP contribution in [0.4, 0.5) is 27.8 Å². The zero-order valence-electron chi connectivity index (χ0n) is 17.9. The Bertz CT molecular complexity index is 1110. The number of benzene rings is 1. The predicted octanol–water partition coefficient (Wildman–Crippen LogP) is 4.47. The van der Waals surface area contributed by atoms with Gasteiger partial charge < -0.3 is 14.8 Å². The van der Waals surface area contributed by atoms with Gasteiger partial charge >= 0.3 is 18.1 Å². The highest BCUT2D eigenvalue weighted by molar-refractivity contribution is 5.88. The zero-order chi connectivity index (χ0) is 24.5. The van der Waals surface area contributed by atoms with E-state index in [1.165, 1.54) is 12.1 Å². The molecule has 1 fully saturated rings. The minimum Gasteiger partial charge on any atom is -0.490 e. The van der Waals surface area contributed by atoms with Crippen LogP contribution in [-0.4, -0.2) is 36.3 Å². The summed E-state index contributed by atoms with van der Waals surface area (Å²) in [6.07, 6.45) is -3.14. The van der Waals surface area contributed by atoms with Gasteiger partial charge in [0, 0.05) is 25.1 Å². The van der Waals surface area contributed by atoms with Gasteiger partial charge in [0.15, 0.2) is 11.6 Å². The van der Waals surface area contributed by atoms with Crippen LogP contribution >= 0.6 is 0 Å². The molecule has 1 saturated carbocycles. The third kappa shape index (κ3) is 5.45. The highest BCUT2D eigenvalue weighted by atomic mass is 19.4. The lowest BCUT2D eigenvalue weighted by molar-refractivity contribution is -0.201. The zero-order valence-corrected chi connectivity index (χ0v) is 17.9. The molecule has 1 aliphatic heterocycles. The number of alkyl halides is 3. The van der Waals surface area contributed by atoms with Gasteiger partial charge in [0.25, 0.3) is 0 Å². The molecule has 0 bridgehead atoms. The number of carbonyl (C=O) groups is 2. The molecule has 0 radical (unpaired) electrons. The number of ether oxygens (including phenoxy) is 2. The second kappa shape index (κ2) is 9.55. The van der Waals surface area contributed by atoms with Gasteiger partial charge in [-0.05, 0) is 54.4 Å². The maximum Gasteiger partial charge on any atom is 0.491 e. The lowest BCUT2D eigenvalue weighted by Gasteiger charge is -2.17. The predicted molar refractivity (Wildman–Crippen MR) is 109 cm³/mol. The van der Waals surface area contributed by atoms with Crippen molar-refractivity contribution in [3.8, 4) is 5.75 Å². The maximum atomic E-state index is 14.6. The average molecular weight is 484 g/mol. The smallest absolute Gasteiger partial charge is 0.490 e. The number of fused-ring (bicyclic) bond motifs is 1. The number of carbonyl (C=O) groups excluding carboxylic acids is 2. The number of esters is 2. The summed E-state index contributed by atoms with van der Waals surface area (Å²) in [5, 5.41) is 3.22. The Hall–Kier alpha value is -3.24. The van der Waals surface area contributed by atoms with Crippen molar-refractivity contribution in [1.82, 2.24) is 4.98 Å². The van der Waals surface area contributed by atoms with Crippen LogP contribution in [-0.2, 0) is 27.2 Å². The Morgan fingerprint density at radius 1 is 1.12 bits per heavy atom. The molecular weight excluding hydrogens is 463 g/mol. The molecule has 2 aromatic rings. The highest BCUT2D eigenvalue weighted by Crippen LogP contribution is 2.51. The number of rotatable bonds is 7. The normalized spacial score (nSPS) is 19.1. The van der Waals surface area contributed by atoms with Crippen molar-refractivity contribution in [3.05, 3.63) is 52.7 Å². The summed E-state index contributed by atoms with van der Waals surface area (Å²) in [5.74, 6) is -6.83. The Labute approximate surface area is 191 Å². The van der Waals surface area contributed by atoms with E-state index in [0.29, 0.717) is 6.42 Å². The summed E-state index contributed by atoms with van der Waals surface area (Å²) in [4.78, 5) is 26.7. The number of anilines is 1. The van der Waals surface area contributed by atoms with Crippen LogP contribution < -0.4 is 10.1 Å². The van der Waals surface area contributed by atoms with E-state index >= 15 is 0 Å². The molecule has 4 rings (SSSR count). The minimum atomic E-state index is -5.28. The van der Waals surface area contributed by atoms with Gasteiger partial charge in [-0.15, -0.1) is 0 Å². The number of nitrogens with zero attached hydrogens (tertiary/aromatic N) is 1. The minimum absolute atomic E-state index is 0.00720. The number of pyridine rings is 1. The highest BCUT2D eigenvalue weighted by Gasteiger charge is 2.45. The Morgan fingerprint density at radius 2 is 1.91 bits per heavy atom. The summed E-state index contributed by atoms with van der Waals surface area (Å²) >= 11 is 0. The molecule has 0 saturated heterocycles. The molecule has 182 valence electrons. The fourth-order valence-corrected chi connectivity index (χ4v) is 3.99. The SMILES string of the molecule is O=C(CC1CC1c1ccc(OCCc2ccc3c(n2)NCCC3)c(F)c1F)OC(=O)C(F)(F)F. The molecule has 0 spiro atoms. The fraction of sp³-hybridized carbons (Fsp3) is 0.435. The Kier molecular flexibility index (Phi) is 6.72. The first-order valence-corrected chi connectivity index (χ1v) is 10.8. The van der Waals surface area contributed by atoms with Crippen molar-refractivity contribution in [3.63, 3.8) is 0 Å². The number of hydrogen-bond acceptors (Lipinski definition) is 6. The lowest BCUT2D eigenvalue weighted by Crippen LogP contribution is -2.28. The fourth-order valence-electron chi connectivity index (χ4n) is 3.99. The molecule has 2 aliphatic rings. The molecule has 0 amide bonds. The molecule has 1 N–H and O–H groups in total. The van der Waals surface area contributed by atoms with Crippen LogP contribution in [0, 0.1) is 17.6 Å². The van der Waals surface area contributed by atoms with Crippen molar-refractivity contribution >= 4 is 17.8 Å². The standard InChI is InChI=1S/C23H21F5N2O4/c24-19-15(16-10-13(16)11-18(31)34-22(32)23(26,27)28)5-6-17(20(19)25)33-9-7-14-4-3-12-2-1-8-29-21(12)30-14/h3-6,13,16H,1-2,7-11H2,(H,29,30). The number of nitrogens with one attached hydrogen (secondary N) is 1. The molecule has 1 aromatic heterocycles. The van der Waals surface area contributed by atoms with Gasteiger partial charge in [-0.3, -0.25) is 4.79 Å². The molecule has 1 aliphatic carbocycles. The van der Waals surface area contributed by atoms with Crippen LogP contribution in [0.1, 0.15) is 42.0 Å². The van der Waals surface area contributed by atoms with Crippen molar-refractivity contribution in [2.45, 2.75) is 44.2 Å². The maximum absolute atomic E-state index is 14.6. The van der Waals surface area contributed by atoms with E-state index < -0.39 is 48.0 Å². The Balaban J connectivity index is 1.30. The van der Waals surface area contributed by atoms with Gasteiger partial charge in [0.1, 0.15) is 5.82 Å². The number of hydrogen-bond donors (Lipinski definition) is 1. The van der Waals surface area contributed by atoms with E-state index in [4.69, 9.17) is 4.74 Å². The number of aryl methyl sites for hydroxylation is 1. The average Bonchev–Trinajstić information content (AvgIpc) is 3.54. The van der Waals surface area contributed by atoms with Crippen LogP contribution in [0.3, 0.4) is 0 Å². The van der Waals surface area contributed by atoms with Gasteiger partial charge in [0.05, 0.1) is 6.61 Å². The third-order valence-electron chi connectivity index (χ3n) is 5.83. The summed E-state index contributed by atoms with van der Waals surface area (Å²) in [6, 6.07) is 6.46. The topological polar surface area (TPSA) is 77.5 Å². The third-order valence-corrected chi connectivity index (χ3v) is 5.83. The quantitative estimate of drug-likeness (QED) is 0.355. The Morgan fingerprint density at radius 3 is 2.68 bits per heavy atom. The van der Waals surface area contributed by atoms with Crippen molar-refractivity contribution in [2.75, 3.05) is 18.5 Å². The monoisotopic (exact) mass is 484 g/mol. The largest absolute Gasteiger partial charge is 0.491 e. The van der Waals surface area contributed by atoms with E-state index in [9.17, 15) is 31.5 Å². The molecule has 2 unspecified atom stereocenters. The molecule has 11 heteroatoms. The summed E-state index contributed by atoms with van der Waals surface area (Å²) in [5.41, 5.74) is 1.88. The molecular formula is C23H21F5N2O4. The second-order valence-electron chi connectivity index (χ2n) is 8.29. The first-order valence-electron chi connectivity index (χ1n) is 10.8. The van der Waals surface area contributed by atoms with E-state index in [0.717, 1.165) is 36.5 Å². The van der Waals surface area contributed by atoms with Crippen LogP contribution in [0.15, 0.2) is 24.3 Å². The first-order chi connectivity index (χ1) is 16.1. The van der Waals surface area contributed by atoms with Crippen molar-refractivity contribution in [1.29, 1.82) is 0 Å². The van der Waals surface area contributed by atoms with Crippen molar-refractivity contribution < 1.29 is 41.0 Å². The van der Waals surface area contributed by atoms with Crippen LogP contribution in [0.25, 0.3) is 0 Å². The first kappa shape index (κ1) is 23.9. The molecule has 2 heterocycles. The van der Waals surface area contributed by atoms with E-state index in [1.54, 1.807) is 0 Å². The summed E-state index contributed by atoms with van der Waals surface area (Å²) < 4.78 is 74.7. The molecule has 1 aromatic carbocycles. The van der Waals surface area contributed by atoms with Gasteiger partial charge in [-0.2, -0.15) is 17.6 Å². The summed E-state index contributed by atoms with van der Waals surface area (Å²) in [7, 11) is 0. The molecule has 6 nitrogen and oxygen atoms in total. The second-order valence-corrected chi connectivity index (χ2v) is 8.29. The molecule has 34 heavy (non-hydrogen) atoms. The summed E-state index contributed by atoms with van der Waals surface area (Å²) in [6.45, 7) is 0.929. The van der Waals surface area contributed by atoms with E-state index in [-0.39, 0.29) is 24.3 Å². The molecule has 2 atom stereocenters. The number of aromatic nitrogens is 1. The van der Waals surface area contributed by atoms with Gasteiger partial charge in [-0.25, -0.2) is 14.2 Å². The van der Waals surface area contributed by atoms with Crippen LogP contribution in [0.2, 0.25) is 0 Å².